The van der Waals surface area contributed by atoms with Crippen molar-refractivity contribution < 1.29 is 4.79 Å². The van der Waals surface area contributed by atoms with Crippen molar-refractivity contribution in [2.75, 3.05) is 25.9 Å². The zero-order valence-electron chi connectivity index (χ0n) is 8.54. The summed E-state index contributed by atoms with van der Waals surface area (Å²) in [6.07, 6.45) is 1.98. The monoisotopic (exact) mass is 202 g/mol. The lowest BCUT2D eigenvalue weighted by molar-refractivity contribution is -0.131. The highest BCUT2D eigenvalue weighted by molar-refractivity contribution is 7.99. The van der Waals surface area contributed by atoms with Gasteiger partial charge in [0.2, 0.25) is 5.91 Å². The van der Waals surface area contributed by atoms with Crippen LogP contribution in [0, 0.1) is 0 Å². The fraction of sp³-hybridized carbons (Fsp3) is 0.889. The molecule has 0 saturated carbocycles. The van der Waals surface area contributed by atoms with Gasteiger partial charge in [-0.3, -0.25) is 4.79 Å². The second-order valence-electron chi connectivity index (χ2n) is 3.52. The summed E-state index contributed by atoms with van der Waals surface area (Å²) < 4.78 is 0. The molecule has 76 valence electrons. The minimum absolute atomic E-state index is 0.102. The summed E-state index contributed by atoms with van der Waals surface area (Å²) in [5, 5.41) is 3.43. The summed E-state index contributed by atoms with van der Waals surface area (Å²) in [5.74, 6) is 0.279. The second-order valence-corrected chi connectivity index (χ2v) is 4.70. The molecule has 1 N–H and O–H groups in total. The Hall–Kier alpha value is -0.220. The summed E-state index contributed by atoms with van der Waals surface area (Å²) in [4.78, 5) is 13.7. The molecule has 1 aliphatic heterocycles. The SMILES string of the molecule is CSC(C)C(=O)N1CCN[C@@H](C)C1. The molecule has 3 nitrogen and oxygen atoms in total. The van der Waals surface area contributed by atoms with Crippen molar-refractivity contribution in [2.24, 2.45) is 0 Å². The molecule has 0 aromatic carbocycles. The van der Waals surface area contributed by atoms with Crippen molar-refractivity contribution in [2.45, 2.75) is 25.1 Å². The third kappa shape index (κ3) is 2.88. The molecule has 1 amide bonds. The zero-order chi connectivity index (χ0) is 9.84. The molecule has 0 bridgehead atoms. The average molecular weight is 202 g/mol. The van der Waals surface area contributed by atoms with Gasteiger partial charge in [0.05, 0.1) is 5.25 Å². The Morgan fingerprint density at radius 3 is 2.92 bits per heavy atom. The average Bonchev–Trinajstić information content (AvgIpc) is 2.15. The fourth-order valence-electron chi connectivity index (χ4n) is 1.49. The van der Waals surface area contributed by atoms with Gasteiger partial charge in [-0.15, -0.1) is 0 Å². The highest BCUT2D eigenvalue weighted by atomic mass is 32.2. The number of rotatable bonds is 2. The van der Waals surface area contributed by atoms with Crippen molar-refractivity contribution in [3.63, 3.8) is 0 Å². The molecule has 13 heavy (non-hydrogen) atoms. The molecular weight excluding hydrogens is 184 g/mol. The smallest absolute Gasteiger partial charge is 0.235 e. The molecule has 1 fully saturated rings. The molecule has 0 radical (unpaired) electrons. The summed E-state index contributed by atoms with van der Waals surface area (Å²) in [7, 11) is 0. The quantitative estimate of drug-likeness (QED) is 0.710. The Kier molecular flexibility index (Phi) is 4.06. The number of piperazine rings is 1. The lowest BCUT2D eigenvalue weighted by atomic mass is 10.2. The molecule has 0 aromatic rings. The maximum atomic E-state index is 11.8. The van der Waals surface area contributed by atoms with Gasteiger partial charge in [-0.05, 0) is 20.1 Å². The van der Waals surface area contributed by atoms with Gasteiger partial charge < -0.3 is 10.2 Å². The van der Waals surface area contributed by atoms with E-state index in [1.807, 2.05) is 18.1 Å². The fourth-order valence-corrected chi connectivity index (χ4v) is 1.84. The van der Waals surface area contributed by atoms with Gasteiger partial charge in [-0.2, -0.15) is 11.8 Å². The van der Waals surface area contributed by atoms with Crippen LogP contribution in [-0.2, 0) is 4.79 Å². The van der Waals surface area contributed by atoms with E-state index in [4.69, 9.17) is 0 Å². The lowest BCUT2D eigenvalue weighted by Gasteiger charge is -2.33. The van der Waals surface area contributed by atoms with E-state index in [0.29, 0.717) is 6.04 Å². The van der Waals surface area contributed by atoms with E-state index in [-0.39, 0.29) is 11.2 Å². The molecule has 1 unspecified atom stereocenters. The van der Waals surface area contributed by atoms with E-state index in [9.17, 15) is 4.79 Å². The van der Waals surface area contributed by atoms with Gasteiger partial charge in [0.15, 0.2) is 0 Å². The van der Waals surface area contributed by atoms with Gasteiger partial charge in [0.1, 0.15) is 0 Å². The molecule has 1 saturated heterocycles. The highest BCUT2D eigenvalue weighted by Gasteiger charge is 2.23. The van der Waals surface area contributed by atoms with Gasteiger partial charge >= 0.3 is 0 Å². The lowest BCUT2D eigenvalue weighted by Crippen LogP contribution is -2.53. The Morgan fingerprint density at radius 2 is 2.38 bits per heavy atom. The topological polar surface area (TPSA) is 32.3 Å². The molecule has 4 heteroatoms. The van der Waals surface area contributed by atoms with E-state index in [1.165, 1.54) is 0 Å². The molecule has 0 spiro atoms. The summed E-state index contributed by atoms with van der Waals surface area (Å²) in [5.41, 5.74) is 0. The van der Waals surface area contributed by atoms with E-state index < -0.39 is 0 Å². The maximum Gasteiger partial charge on any atom is 0.235 e. The maximum absolute atomic E-state index is 11.8. The van der Waals surface area contributed by atoms with Crippen LogP contribution in [-0.4, -0.2) is 48.0 Å². The first kappa shape index (κ1) is 10.9. The first-order chi connectivity index (χ1) is 6.15. The Labute approximate surface area is 84.2 Å². The standard InChI is InChI=1S/C9H18N2OS/c1-7-6-11(5-4-10-7)9(12)8(2)13-3/h7-8,10H,4-6H2,1-3H3/t7-,8?/m0/s1. The van der Waals surface area contributed by atoms with Crippen LogP contribution in [0.1, 0.15) is 13.8 Å². The molecule has 1 rings (SSSR count). The molecule has 1 aliphatic rings. The van der Waals surface area contributed by atoms with Crippen molar-refractivity contribution in [1.82, 2.24) is 10.2 Å². The summed E-state index contributed by atoms with van der Waals surface area (Å²) >= 11 is 1.62. The molecule has 0 aromatic heterocycles. The number of thioether (sulfide) groups is 1. The number of nitrogens with zero attached hydrogens (tertiary/aromatic N) is 1. The third-order valence-corrected chi connectivity index (χ3v) is 3.29. The third-order valence-electron chi connectivity index (χ3n) is 2.38. The van der Waals surface area contributed by atoms with Crippen molar-refractivity contribution in [3.8, 4) is 0 Å². The normalized spacial score (nSPS) is 25.8. The zero-order valence-corrected chi connectivity index (χ0v) is 9.36. The van der Waals surface area contributed by atoms with E-state index in [1.54, 1.807) is 11.8 Å². The largest absolute Gasteiger partial charge is 0.339 e. The van der Waals surface area contributed by atoms with Crippen LogP contribution >= 0.6 is 11.8 Å². The predicted molar refractivity (Wildman–Crippen MR) is 57.0 cm³/mol. The van der Waals surface area contributed by atoms with Gasteiger partial charge in [-0.1, -0.05) is 0 Å². The van der Waals surface area contributed by atoms with Crippen LogP contribution in [0.15, 0.2) is 0 Å². The molecule has 2 atom stereocenters. The Balaban J connectivity index is 2.46. The summed E-state index contributed by atoms with van der Waals surface area (Å²) in [6, 6.07) is 0.437. The number of amides is 1. The van der Waals surface area contributed by atoms with Gasteiger partial charge in [0.25, 0.3) is 0 Å². The minimum atomic E-state index is 0.102. The predicted octanol–water partition coefficient (Wildman–Crippen LogP) is 0.558. The molecule has 1 heterocycles. The Bertz CT molecular complexity index is 186. The highest BCUT2D eigenvalue weighted by Crippen LogP contribution is 2.10. The van der Waals surface area contributed by atoms with Crippen LogP contribution in [0.4, 0.5) is 0 Å². The van der Waals surface area contributed by atoms with Crippen LogP contribution in [0.5, 0.6) is 0 Å². The Morgan fingerprint density at radius 1 is 1.69 bits per heavy atom. The van der Waals surface area contributed by atoms with E-state index in [0.717, 1.165) is 19.6 Å². The number of hydrogen-bond donors (Lipinski definition) is 1. The number of nitrogens with one attached hydrogen (secondary N) is 1. The molecule has 0 aliphatic carbocycles. The first-order valence-corrected chi connectivity index (χ1v) is 5.99. The van der Waals surface area contributed by atoms with Crippen molar-refractivity contribution in [1.29, 1.82) is 0 Å². The van der Waals surface area contributed by atoms with Gasteiger partial charge in [-0.25, -0.2) is 0 Å². The summed E-state index contributed by atoms with van der Waals surface area (Å²) in [6.45, 7) is 6.72. The van der Waals surface area contributed by atoms with Crippen molar-refractivity contribution >= 4 is 17.7 Å². The first-order valence-electron chi connectivity index (χ1n) is 4.70. The van der Waals surface area contributed by atoms with Crippen LogP contribution in [0.3, 0.4) is 0 Å². The number of carbonyl (C=O) groups is 1. The number of carbonyl (C=O) groups excluding carboxylic acids is 1. The van der Waals surface area contributed by atoms with Crippen molar-refractivity contribution in [3.05, 3.63) is 0 Å². The number of hydrogen-bond acceptors (Lipinski definition) is 3. The van der Waals surface area contributed by atoms with Crippen LogP contribution in [0.25, 0.3) is 0 Å². The van der Waals surface area contributed by atoms with Crippen LogP contribution in [0.2, 0.25) is 0 Å². The van der Waals surface area contributed by atoms with E-state index >= 15 is 0 Å². The van der Waals surface area contributed by atoms with E-state index in [2.05, 4.69) is 12.2 Å². The van der Waals surface area contributed by atoms with Gasteiger partial charge in [0, 0.05) is 25.7 Å². The molecular formula is C9H18N2OS. The van der Waals surface area contributed by atoms with Crippen LogP contribution < -0.4 is 5.32 Å². The minimum Gasteiger partial charge on any atom is -0.339 e. The second kappa shape index (κ2) is 4.86.